The first-order valence-corrected chi connectivity index (χ1v) is 8.46. The molecule has 0 atom stereocenters. The van der Waals surface area contributed by atoms with E-state index in [9.17, 15) is 4.79 Å². The van der Waals surface area contributed by atoms with E-state index in [2.05, 4.69) is 10.1 Å². The van der Waals surface area contributed by atoms with Gasteiger partial charge < -0.3 is 18.7 Å². The van der Waals surface area contributed by atoms with Gasteiger partial charge in [0.25, 0.3) is 5.89 Å². The quantitative estimate of drug-likeness (QED) is 0.585. The second kappa shape index (κ2) is 8.35. The third kappa shape index (κ3) is 4.63. The first-order chi connectivity index (χ1) is 13.1. The first kappa shape index (κ1) is 18.4. The molecule has 0 unspecified atom stereocenters. The standard InChI is InChI=1S/C20H20N2O5/c1-13(2)26-16-10-9-15(11-17(16)24-3)20(23)25-12-18-21-19(22-27-18)14-7-5-4-6-8-14/h4-11,13H,12H2,1-3H3. The summed E-state index contributed by atoms with van der Waals surface area (Å²) in [4.78, 5) is 16.5. The van der Waals surface area contributed by atoms with Crippen LogP contribution in [0.1, 0.15) is 30.1 Å². The molecule has 1 aromatic heterocycles. The Hall–Kier alpha value is -3.35. The molecule has 0 aliphatic carbocycles. The summed E-state index contributed by atoms with van der Waals surface area (Å²) in [7, 11) is 1.52. The van der Waals surface area contributed by atoms with Gasteiger partial charge in [-0.25, -0.2) is 4.79 Å². The molecular weight excluding hydrogens is 348 g/mol. The molecule has 0 radical (unpaired) electrons. The number of hydrogen-bond donors (Lipinski definition) is 0. The zero-order valence-electron chi connectivity index (χ0n) is 15.3. The minimum Gasteiger partial charge on any atom is -0.493 e. The predicted molar refractivity (Wildman–Crippen MR) is 97.6 cm³/mol. The highest BCUT2D eigenvalue weighted by Gasteiger charge is 2.15. The van der Waals surface area contributed by atoms with Crippen LogP contribution in [0, 0.1) is 0 Å². The van der Waals surface area contributed by atoms with Crippen LogP contribution in [0.2, 0.25) is 0 Å². The molecule has 0 fully saturated rings. The molecule has 1 heterocycles. The van der Waals surface area contributed by atoms with Crippen LogP contribution in [0.25, 0.3) is 11.4 Å². The molecule has 0 aliphatic rings. The van der Waals surface area contributed by atoms with E-state index in [0.29, 0.717) is 22.9 Å². The van der Waals surface area contributed by atoms with Crippen molar-refractivity contribution >= 4 is 5.97 Å². The molecule has 0 aliphatic heterocycles. The van der Waals surface area contributed by atoms with Crippen LogP contribution in [0.5, 0.6) is 11.5 Å². The van der Waals surface area contributed by atoms with Crippen molar-refractivity contribution in [1.29, 1.82) is 0 Å². The van der Waals surface area contributed by atoms with Gasteiger partial charge >= 0.3 is 5.97 Å². The Balaban J connectivity index is 1.65. The lowest BCUT2D eigenvalue weighted by atomic mass is 10.2. The average Bonchev–Trinajstić information content (AvgIpc) is 3.16. The average molecular weight is 368 g/mol. The molecular formula is C20H20N2O5. The van der Waals surface area contributed by atoms with Gasteiger partial charge in [-0.2, -0.15) is 4.98 Å². The zero-order chi connectivity index (χ0) is 19.2. The lowest BCUT2D eigenvalue weighted by molar-refractivity contribution is 0.0429. The van der Waals surface area contributed by atoms with Gasteiger partial charge in [-0.05, 0) is 32.0 Å². The fourth-order valence-electron chi connectivity index (χ4n) is 2.37. The molecule has 0 amide bonds. The highest BCUT2D eigenvalue weighted by Crippen LogP contribution is 2.29. The number of carbonyl (C=O) groups is 1. The van der Waals surface area contributed by atoms with Gasteiger partial charge in [0.15, 0.2) is 18.1 Å². The molecule has 0 saturated carbocycles. The monoisotopic (exact) mass is 368 g/mol. The van der Waals surface area contributed by atoms with Gasteiger partial charge in [0.2, 0.25) is 5.82 Å². The fourth-order valence-corrected chi connectivity index (χ4v) is 2.37. The number of rotatable bonds is 7. The van der Waals surface area contributed by atoms with Crippen LogP contribution in [-0.2, 0) is 11.3 Å². The Kier molecular flexibility index (Phi) is 5.71. The van der Waals surface area contributed by atoms with Crippen molar-refractivity contribution in [2.75, 3.05) is 7.11 Å². The Morgan fingerprint density at radius 1 is 1.11 bits per heavy atom. The summed E-state index contributed by atoms with van der Waals surface area (Å²) in [5.74, 6) is 1.16. The van der Waals surface area contributed by atoms with E-state index in [1.54, 1.807) is 18.2 Å². The molecule has 3 aromatic rings. The van der Waals surface area contributed by atoms with Crippen molar-refractivity contribution in [2.24, 2.45) is 0 Å². The largest absolute Gasteiger partial charge is 0.493 e. The van der Waals surface area contributed by atoms with E-state index < -0.39 is 5.97 Å². The maximum Gasteiger partial charge on any atom is 0.338 e. The first-order valence-electron chi connectivity index (χ1n) is 8.46. The number of esters is 1. The van der Waals surface area contributed by atoms with Gasteiger partial charge in [0.05, 0.1) is 18.8 Å². The summed E-state index contributed by atoms with van der Waals surface area (Å²) < 4.78 is 21.3. The van der Waals surface area contributed by atoms with E-state index in [-0.39, 0.29) is 18.6 Å². The van der Waals surface area contributed by atoms with Crippen molar-refractivity contribution in [3.8, 4) is 22.9 Å². The molecule has 7 heteroatoms. The molecule has 0 spiro atoms. The van der Waals surface area contributed by atoms with Crippen LogP contribution in [-0.4, -0.2) is 29.3 Å². The maximum absolute atomic E-state index is 12.3. The predicted octanol–water partition coefficient (Wildman–Crippen LogP) is 3.89. The maximum atomic E-state index is 12.3. The van der Waals surface area contributed by atoms with Crippen molar-refractivity contribution in [3.05, 3.63) is 60.0 Å². The van der Waals surface area contributed by atoms with Gasteiger partial charge in [-0.3, -0.25) is 0 Å². The number of benzene rings is 2. The third-order valence-corrected chi connectivity index (χ3v) is 3.59. The van der Waals surface area contributed by atoms with Crippen molar-refractivity contribution in [3.63, 3.8) is 0 Å². The van der Waals surface area contributed by atoms with Gasteiger partial charge in [0, 0.05) is 5.56 Å². The number of carbonyl (C=O) groups excluding carboxylic acids is 1. The van der Waals surface area contributed by atoms with Crippen LogP contribution < -0.4 is 9.47 Å². The highest BCUT2D eigenvalue weighted by molar-refractivity contribution is 5.90. The molecule has 0 N–H and O–H groups in total. The molecule has 2 aromatic carbocycles. The number of ether oxygens (including phenoxy) is 3. The summed E-state index contributed by atoms with van der Waals surface area (Å²) in [6, 6.07) is 14.3. The fraction of sp³-hybridized carbons (Fsp3) is 0.250. The molecule has 3 rings (SSSR count). The van der Waals surface area contributed by atoms with E-state index in [1.807, 2.05) is 44.2 Å². The summed E-state index contributed by atoms with van der Waals surface area (Å²) >= 11 is 0. The van der Waals surface area contributed by atoms with Crippen LogP contribution in [0.4, 0.5) is 0 Å². The van der Waals surface area contributed by atoms with E-state index in [0.717, 1.165) is 5.56 Å². The van der Waals surface area contributed by atoms with Crippen molar-refractivity contribution in [1.82, 2.24) is 10.1 Å². The zero-order valence-corrected chi connectivity index (χ0v) is 15.3. The Labute approximate surface area is 156 Å². The smallest absolute Gasteiger partial charge is 0.338 e. The van der Waals surface area contributed by atoms with E-state index >= 15 is 0 Å². The Bertz CT molecular complexity index is 906. The molecule has 0 bridgehead atoms. The SMILES string of the molecule is COc1cc(C(=O)OCc2nc(-c3ccccc3)no2)ccc1OC(C)C. The molecule has 27 heavy (non-hydrogen) atoms. The number of aromatic nitrogens is 2. The highest BCUT2D eigenvalue weighted by atomic mass is 16.6. The Morgan fingerprint density at radius 3 is 2.59 bits per heavy atom. The molecule has 7 nitrogen and oxygen atoms in total. The van der Waals surface area contributed by atoms with Crippen LogP contribution in [0.15, 0.2) is 53.1 Å². The molecule has 140 valence electrons. The lowest BCUT2D eigenvalue weighted by Crippen LogP contribution is -2.09. The summed E-state index contributed by atoms with van der Waals surface area (Å²) in [6.45, 7) is 3.71. The summed E-state index contributed by atoms with van der Waals surface area (Å²) in [5.41, 5.74) is 1.16. The lowest BCUT2D eigenvalue weighted by Gasteiger charge is -2.14. The van der Waals surface area contributed by atoms with Crippen LogP contribution in [0.3, 0.4) is 0 Å². The molecule has 0 saturated heterocycles. The van der Waals surface area contributed by atoms with Crippen LogP contribution >= 0.6 is 0 Å². The van der Waals surface area contributed by atoms with E-state index in [1.165, 1.54) is 7.11 Å². The number of nitrogens with zero attached hydrogens (tertiary/aromatic N) is 2. The Morgan fingerprint density at radius 2 is 1.89 bits per heavy atom. The number of hydrogen-bond acceptors (Lipinski definition) is 7. The summed E-state index contributed by atoms with van der Waals surface area (Å²) in [6.07, 6.45) is -0.00645. The van der Waals surface area contributed by atoms with Crippen molar-refractivity contribution < 1.29 is 23.5 Å². The minimum atomic E-state index is -0.524. The van der Waals surface area contributed by atoms with Gasteiger partial charge in [-0.15, -0.1) is 0 Å². The third-order valence-electron chi connectivity index (χ3n) is 3.59. The van der Waals surface area contributed by atoms with Crippen molar-refractivity contribution in [2.45, 2.75) is 26.6 Å². The topological polar surface area (TPSA) is 83.7 Å². The number of methoxy groups -OCH3 is 1. The van der Waals surface area contributed by atoms with E-state index in [4.69, 9.17) is 18.7 Å². The second-order valence-corrected chi connectivity index (χ2v) is 5.99. The second-order valence-electron chi connectivity index (χ2n) is 5.99. The minimum absolute atomic E-state index is 0.00645. The normalized spacial score (nSPS) is 10.7. The van der Waals surface area contributed by atoms with Gasteiger partial charge in [-0.1, -0.05) is 35.5 Å². The van der Waals surface area contributed by atoms with Gasteiger partial charge in [0.1, 0.15) is 0 Å². The summed E-state index contributed by atoms with van der Waals surface area (Å²) in [5, 5.41) is 3.89.